The first-order valence-corrected chi connectivity index (χ1v) is 6.37. The van der Waals surface area contributed by atoms with Crippen LogP contribution >= 0.6 is 15.9 Å². The quantitative estimate of drug-likeness (QED) is 0.497. The molecule has 4 nitrogen and oxygen atoms in total. The van der Waals surface area contributed by atoms with Crippen LogP contribution in [0.25, 0.3) is 0 Å². The second-order valence-electron chi connectivity index (χ2n) is 3.64. The fourth-order valence-electron chi connectivity index (χ4n) is 1.43. The van der Waals surface area contributed by atoms with E-state index in [-0.39, 0.29) is 5.91 Å². The Balaban J connectivity index is 2.83. The van der Waals surface area contributed by atoms with Crippen LogP contribution in [0.4, 0.5) is 0 Å². The molecule has 1 rings (SSSR count). The summed E-state index contributed by atoms with van der Waals surface area (Å²) in [6.07, 6.45) is 0.952. The smallest absolute Gasteiger partial charge is 0.274 e. The van der Waals surface area contributed by atoms with Crippen molar-refractivity contribution in [3.63, 3.8) is 0 Å². The standard InChI is InChI=1S/C12H17BrN2O2/c1-3-8-5-6-11(9(13)7-8)17-10(4-2)12(16)15-14/h5-7,10H,3-4,14H2,1-2H3,(H,15,16). The van der Waals surface area contributed by atoms with Crippen LogP contribution < -0.4 is 16.0 Å². The zero-order valence-electron chi connectivity index (χ0n) is 10.00. The number of hydrazine groups is 1. The van der Waals surface area contributed by atoms with Crippen molar-refractivity contribution < 1.29 is 9.53 Å². The molecule has 1 aromatic carbocycles. The van der Waals surface area contributed by atoms with Crippen molar-refractivity contribution in [2.45, 2.75) is 32.8 Å². The van der Waals surface area contributed by atoms with E-state index in [0.717, 1.165) is 10.9 Å². The van der Waals surface area contributed by atoms with Crippen LogP contribution in [0.2, 0.25) is 0 Å². The topological polar surface area (TPSA) is 64.3 Å². The third-order valence-corrected chi connectivity index (χ3v) is 3.10. The van der Waals surface area contributed by atoms with Gasteiger partial charge >= 0.3 is 0 Å². The molecule has 0 heterocycles. The van der Waals surface area contributed by atoms with Crippen LogP contribution in [0.3, 0.4) is 0 Å². The van der Waals surface area contributed by atoms with Crippen molar-refractivity contribution in [1.29, 1.82) is 0 Å². The largest absolute Gasteiger partial charge is 0.479 e. The summed E-state index contributed by atoms with van der Waals surface area (Å²) in [6.45, 7) is 3.95. The van der Waals surface area contributed by atoms with Crippen molar-refractivity contribution in [3.8, 4) is 5.75 Å². The fourth-order valence-corrected chi connectivity index (χ4v) is 1.95. The molecular weight excluding hydrogens is 284 g/mol. The molecule has 0 fully saturated rings. The summed E-state index contributed by atoms with van der Waals surface area (Å²) in [6, 6.07) is 5.82. The van der Waals surface area contributed by atoms with Crippen LogP contribution in [-0.4, -0.2) is 12.0 Å². The lowest BCUT2D eigenvalue weighted by molar-refractivity contribution is -0.128. The lowest BCUT2D eigenvalue weighted by Gasteiger charge is -2.17. The lowest BCUT2D eigenvalue weighted by Crippen LogP contribution is -2.41. The van der Waals surface area contributed by atoms with Crippen LogP contribution in [0, 0.1) is 0 Å². The molecule has 0 aliphatic rings. The number of rotatable bonds is 5. The van der Waals surface area contributed by atoms with Crippen molar-refractivity contribution in [3.05, 3.63) is 28.2 Å². The lowest BCUT2D eigenvalue weighted by atomic mass is 10.1. The van der Waals surface area contributed by atoms with Gasteiger partial charge in [0, 0.05) is 0 Å². The molecule has 3 N–H and O–H groups in total. The maximum absolute atomic E-state index is 11.4. The van der Waals surface area contributed by atoms with Gasteiger partial charge in [-0.3, -0.25) is 10.2 Å². The van der Waals surface area contributed by atoms with Crippen LogP contribution in [0.1, 0.15) is 25.8 Å². The normalized spacial score (nSPS) is 12.0. The first-order valence-electron chi connectivity index (χ1n) is 5.57. The number of aryl methyl sites for hydroxylation is 1. The minimum Gasteiger partial charge on any atom is -0.479 e. The van der Waals surface area contributed by atoms with Gasteiger partial charge in [-0.05, 0) is 46.5 Å². The van der Waals surface area contributed by atoms with Crippen molar-refractivity contribution >= 4 is 21.8 Å². The van der Waals surface area contributed by atoms with Gasteiger partial charge in [-0.1, -0.05) is 19.9 Å². The van der Waals surface area contributed by atoms with Gasteiger partial charge in [0.05, 0.1) is 4.47 Å². The number of amides is 1. The van der Waals surface area contributed by atoms with Gasteiger partial charge in [0.2, 0.25) is 0 Å². The summed E-state index contributed by atoms with van der Waals surface area (Å²) in [4.78, 5) is 11.4. The van der Waals surface area contributed by atoms with Crippen LogP contribution in [0.15, 0.2) is 22.7 Å². The second-order valence-corrected chi connectivity index (χ2v) is 4.50. The average molecular weight is 301 g/mol. The number of halogens is 1. The number of benzene rings is 1. The third kappa shape index (κ3) is 3.71. The highest BCUT2D eigenvalue weighted by Gasteiger charge is 2.18. The van der Waals surface area contributed by atoms with Gasteiger partial charge in [-0.15, -0.1) is 0 Å². The molecule has 1 amide bonds. The van der Waals surface area contributed by atoms with E-state index in [4.69, 9.17) is 10.6 Å². The van der Waals surface area contributed by atoms with Gasteiger partial charge in [0.15, 0.2) is 6.10 Å². The van der Waals surface area contributed by atoms with Crippen molar-refractivity contribution in [1.82, 2.24) is 5.43 Å². The van der Waals surface area contributed by atoms with E-state index >= 15 is 0 Å². The van der Waals surface area contributed by atoms with Gasteiger partial charge in [0.25, 0.3) is 5.91 Å². The first-order chi connectivity index (χ1) is 8.12. The molecule has 0 aromatic heterocycles. The van der Waals surface area contributed by atoms with Crippen LogP contribution in [0.5, 0.6) is 5.75 Å². The summed E-state index contributed by atoms with van der Waals surface area (Å²) in [7, 11) is 0. The van der Waals surface area contributed by atoms with E-state index in [2.05, 4.69) is 28.3 Å². The predicted octanol–water partition coefficient (Wildman–Crippen LogP) is 2.16. The molecule has 17 heavy (non-hydrogen) atoms. The van der Waals surface area contributed by atoms with Crippen LogP contribution in [-0.2, 0) is 11.2 Å². The third-order valence-electron chi connectivity index (χ3n) is 2.48. The number of nitrogens with one attached hydrogen (secondary N) is 1. The Morgan fingerprint density at radius 1 is 1.53 bits per heavy atom. The van der Waals surface area contributed by atoms with Gasteiger partial charge in [-0.25, -0.2) is 5.84 Å². The summed E-state index contributed by atoms with van der Waals surface area (Å²) >= 11 is 3.43. The van der Waals surface area contributed by atoms with E-state index in [1.807, 2.05) is 25.1 Å². The van der Waals surface area contributed by atoms with E-state index < -0.39 is 6.10 Å². The minimum absolute atomic E-state index is 0.320. The molecule has 1 atom stereocenters. The molecule has 0 radical (unpaired) electrons. The first kappa shape index (κ1) is 14.0. The highest BCUT2D eigenvalue weighted by Crippen LogP contribution is 2.27. The Bertz CT molecular complexity index is 396. The number of carbonyl (C=O) groups excluding carboxylic acids is 1. The predicted molar refractivity (Wildman–Crippen MR) is 70.6 cm³/mol. The van der Waals surface area contributed by atoms with Gasteiger partial charge < -0.3 is 4.74 Å². The Kier molecular flexibility index (Phi) is 5.44. The molecule has 5 heteroatoms. The number of hydrogen-bond acceptors (Lipinski definition) is 3. The fraction of sp³-hybridized carbons (Fsp3) is 0.417. The molecular formula is C12H17BrN2O2. The van der Waals surface area contributed by atoms with Gasteiger partial charge in [0.1, 0.15) is 5.75 Å². The number of ether oxygens (including phenoxy) is 1. The summed E-state index contributed by atoms with van der Waals surface area (Å²) < 4.78 is 6.46. The number of carbonyl (C=O) groups is 1. The molecule has 0 saturated heterocycles. The second kappa shape index (κ2) is 6.61. The highest BCUT2D eigenvalue weighted by atomic mass is 79.9. The number of nitrogens with two attached hydrogens (primary N) is 1. The minimum atomic E-state index is -0.566. The summed E-state index contributed by atoms with van der Waals surface area (Å²) in [5, 5.41) is 0. The SMILES string of the molecule is CCc1ccc(OC(CC)C(=O)NN)c(Br)c1. The number of hydrogen-bond donors (Lipinski definition) is 2. The maximum atomic E-state index is 11.4. The van der Waals surface area contributed by atoms with Crippen molar-refractivity contribution in [2.24, 2.45) is 5.84 Å². The molecule has 0 aliphatic carbocycles. The van der Waals surface area contributed by atoms with E-state index in [9.17, 15) is 4.79 Å². The summed E-state index contributed by atoms with van der Waals surface area (Å²) in [5.41, 5.74) is 3.31. The molecule has 0 saturated carbocycles. The molecule has 1 unspecified atom stereocenters. The van der Waals surface area contributed by atoms with E-state index in [0.29, 0.717) is 12.2 Å². The average Bonchev–Trinajstić information content (AvgIpc) is 2.36. The summed E-state index contributed by atoms with van der Waals surface area (Å²) in [5.74, 6) is 5.42. The highest BCUT2D eigenvalue weighted by molar-refractivity contribution is 9.10. The Hall–Kier alpha value is -1.07. The molecule has 0 spiro atoms. The van der Waals surface area contributed by atoms with E-state index in [1.54, 1.807) is 0 Å². The monoisotopic (exact) mass is 300 g/mol. The Labute approximate surface area is 110 Å². The maximum Gasteiger partial charge on any atom is 0.274 e. The van der Waals surface area contributed by atoms with Gasteiger partial charge in [-0.2, -0.15) is 0 Å². The molecule has 1 aromatic rings. The van der Waals surface area contributed by atoms with E-state index in [1.165, 1.54) is 5.56 Å². The zero-order chi connectivity index (χ0) is 12.8. The Morgan fingerprint density at radius 3 is 2.71 bits per heavy atom. The molecule has 0 bridgehead atoms. The zero-order valence-corrected chi connectivity index (χ0v) is 11.6. The molecule has 94 valence electrons. The molecule has 0 aliphatic heterocycles. The van der Waals surface area contributed by atoms with Crippen molar-refractivity contribution in [2.75, 3.05) is 0 Å². The Morgan fingerprint density at radius 2 is 2.24 bits per heavy atom.